The van der Waals surface area contributed by atoms with Crippen LogP contribution in [0.3, 0.4) is 0 Å². The van der Waals surface area contributed by atoms with Gasteiger partial charge in [-0.2, -0.15) is 0 Å². The molecule has 0 radical (unpaired) electrons. The third kappa shape index (κ3) is 6.84. The molecular formula is C19H23N3O4S. The molecule has 7 nitrogen and oxygen atoms in total. The van der Waals surface area contributed by atoms with Crippen molar-refractivity contribution in [2.75, 3.05) is 23.4 Å². The summed E-state index contributed by atoms with van der Waals surface area (Å²) in [5.74, 6) is -0.561. The molecule has 0 spiro atoms. The number of rotatable bonds is 7. The molecule has 0 unspecified atom stereocenters. The first-order valence-electron chi connectivity index (χ1n) is 8.37. The number of aryl methyl sites for hydroxylation is 2. The molecule has 0 aliphatic heterocycles. The summed E-state index contributed by atoms with van der Waals surface area (Å²) in [5, 5.41) is 5.54. The average Bonchev–Trinajstić information content (AvgIpc) is 2.56. The van der Waals surface area contributed by atoms with Crippen LogP contribution in [-0.4, -0.2) is 33.0 Å². The molecule has 0 bridgehead atoms. The SMILES string of the molecule is Cc1cccc(C(=O)Nc2cc(NC(=O)CCNS(C)(=O)=O)ccc2C)c1. The fourth-order valence-corrected chi connectivity index (χ4v) is 2.86. The van der Waals surface area contributed by atoms with Gasteiger partial charge in [0.25, 0.3) is 5.91 Å². The Bertz CT molecular complexity index is 955. The maximum Gasteiger partial charge on any atom is 0.255 e. The van der Waals surface area contributed by atoms with Gasteiger partial charge in [-0.25, -0.2) is 13.1 Å². The molecule has 0 aliphatic rings. The highest BCUT2D eigenvalue weighted by Crippen LogP contribution is 2.21. The maximum absolute atomic E-state index is 12.4. The Kier molecular flexibility index (Phi) is 6.70. The van der Waals surface area contributed by atoms with Gasteiger partial charge in [0.2, 0.25) is 15.9 Å². The molecule has 27 heavy (non-hydrogen) atoms. The number of carbonyl (C=O) groups excluding carboxylic acids is 2. The Balaban J connectivity index is 2.03. The van der Waals surface area contributed by atoms with E-state index in [-0.39, 0.29) is 24.8 Å². The maximum atomic E-state index is 12.4. The van der Waals surface area contributed by atoms with Gasteiger partial charge >= 0.3 is 0 Å². The second-order valence-corrected chi connectivity index (χ2v) is 8.15. The van der Waals surface area contributed by atoms with Crippen LogP contribution in [0.25, 0.3) is 0 Å². The Labute approximate surface area is 159 Å². The molecule has 8 heteroatoms. The fourth-order valence-electron chi connectivity index (χ4n) is 2.39. The summed E-state index contributed by atoms with van der Waals surface area (Å²) in [5.41, 5.74) is 3.50. The van der Waals surface area contributed by atoms with Crippen LogP contribution in [0.1, 0.15) is 27.9 Å². The van der Waals surface area contributed by atoms with E-state index < -0.39 is 10.0 Å². The molecule has 2 aromatic carbocycles. The minimum Gasteiger partial charge on any atom is -0.326 e. The Morgan fingerprint density at radius 2 is 1.74 bits per heavy atom. The Morgan fingerprint density at radius 1 is 1.00 bits per heavy atom. The summed E-state index contributed by atoms with van der Waals surface area (Å²) >= 11 is 0. The van der Waals surface area contributed by atoms with Crippen LogP contribution in [0.15, 0.2) is 42.5 Å². The van der Waals surface area contributed by atoms with Gasteiger partial charge in [-0.3, -0.25) is 9.59 Å². The van der Waals surface area contributed by atoms with E-state index in [1.807, 2.05) is 26.0 Å². The monoisotopic (exact) mass is 389 g/mol. The third-order valence-corrected chi connectivity index (χ3v) is 4.49. The zero-order valence-electron chi connectivity index (χ0n) is 15.5. The van der Waals surface area contributed by atoms with E-state index in [4.69, 9.17) is 0 Å². The highest BCUT2D eigenvalue weighted by atomic mass is 32.2. The first-order chi connectivity index (χ1) is 12.6. The van der Waals surface area contributed by atoms with Gasteiger partial charge in [0.15, 0.2) is 0 Å². The Morgan fingerprint density at radius 3 is 2.41 bits per heavy atom. The first kappa shape index (κ1) is 20.6. The minimum absolute atomic E-state index is 0.00588. The topological polar surface area (TPSA) is 104 Å². The lowest BCUT2D eigenvalue weighted by Crippen LogP contribution is -2.26. The first-order valence-corrected chi connectivity index (χ1v) is 10.3. The molecule has 0 saturated heterocycles. The van der Waals surface area contributed by atoms with Crippen molar-refractivity contribution in [3.8, 4) is 0 Å². The fraction of sp³-hybridized carbons (Fsp3) is 0.263. The number of hydrogen-bond acceptors (Lipinski definition) is 4. The summed E-state index contributed by atoms with van der Waals surface area (Å²) in [4.78, 5) is 24.4. The molecular weight excluding hydrogens is 366 g/mol. The quantitative estimate of drug-likeness (QED) is 0.676. The van der Waals surface area contributed by atoms with Gasteiger partial charge in [0, 0.05) is 29.9 Å². The summed E-state index contributed by atoms with van der Waals surface area (Å²) in [6, 6.07) is 12.4. The van der Waals surface area contributed by atoms with E-state index in [1.54, 1.807) is 30.3 Å². The summed E-state index contributed by atoms with van der Waals surface area (Å²) in [6.45, 7) is 3.79. The van der Waals surface area contributed by atoms with Crippen molar-refractivity contribution >= 4 is 33.2 Å². The van der Waals surface area contributed by atoms with E-state index in [1.165, 1.54) is 0 Å². The number of carbonyl (C=O) groups is 2. The highest BCUT2D eigenvalue weighted by molar-refractivity contribution is 7.88. The number of sulfonamides is 1. The van der Waals surface area contributed by atoms with Gasteiger partial charge < -0.3 is 10.6 Å². The predicted octanol–water partition coefficient (Wildman–Crippen LogP) is 2.43. The number of anilines is 2. The average molecular weight is 389 g/mol. The molecule has 3 N–H and O–H groups in total. The van der Waals surface area contributed by atoms with Crippen molar-refractivity contribution < 1.29 is 18.0 Å². The van der Waals surface area contributed by atoms with Crippen molar-refractivity contribution in [3.63, 3.8) is 0 Å². The van der Waals surface area contributed by atoms with Crippen LogP contribution in [0.4, 0.5) is 11.4 Å². The second-order valence-electron chi connectivity index (χ2n) is 6.32. The van der Waals surface area contributed by atoms with Gasteiger partial charge in [-0.05, 0) is 43.7 Å². The molecule has 0 aromatic heterocycles. The molecule has 0 aliphatic carbocycles. The number of amides is 2. The smallest absolute Gasteiger partial charge is 0.255 e. The van der Waals surface area contributed by atoms with Gasteiger partial charge in [-0.15, -0.1) is 0 Å². The zero-order chi connectivity index (χ0) is 20.0. The highest BCUT2D eigenvalue weighted by Gasteiger charge is 2.10. The lowest BCUT2D eigenvalue weighted by molar-refractivity contribution is -0.116. The van der Waals surface area contributed by atoms with Gasteiger partial charge in [-0.1, -0.05) is 23.8 Å². The lowest BCUT2D eigenvalue weighted by Gasteiger charge is -2.12. The van der Waals surface area contributed by atoms with E-state index in [2.05, 4.69) is 15.4 Å². The summed E-state index contributed by atoms with van der Waals surface area (Å²) in [6.07, 6.45) is 1.04. The molecule has 0 fully saturated rings. The van der Waals surface area contributed by atoms with Crippen LogP contribution < -0.4 is 15.4 Å². The Hall–Kier alpha value is -2.71. The van der Waals surface area contributed by atoms with Crippen molar-refractivity contribution in [3.05, 3.63) is 59.2 Å². The lowest BCUT2D eigenvalue weighted by atomic mass is 10.1. The van der Waals surface area contributed by atoms with Crippen LogP contribution >= 0.6 is 0 Å². The number of benzene rings is 2. The van der Waals surface area contributed by atoms with Crippen LogP contribution in [0.5, 0.6) is 0 Å². The van der Waals surface area contributed by atoms with E-state index in [9.17, 15) is 18.0 Å². The molecule has 144 valence electrons. The van der Waals surface area contributed by atoms with E-state index in [0.29, 0.717) is 16.9 Å². The normalized spacial score (nSPS) is 11.1. The number of nitrogens with one attached hydrogen (secondary N) is 3. The van der Waals surface area contributed by atoms with Crippen molar-refractivity contribution in [1.82, 2.24) is 4.72 Å². The molecule has 0 atom stereocenters. The summed E-state index contributed by atoms with van der Waals surface area (Å²) in [7, 11) is -3.33. The van der Waals surface area contributed by atoms with Crippen LogP contribution in [0, 0.1) is 13.8 Å². The molecule has 2 aromatic rings. The molecule has 2 rings (SSSR count). The molecule has 0 heterocycles. The van der Waals surface area contributed by atoms with Crippen LogP contribution in [0.2, 0.25) is 0 Å². The molecule has 0 saturated carbocycles. The zero-order valence-corrected chi connectivity index (χ0v) is 16.3. The predicted molar refractivity (Wildman–Crippen MR) is 106 cm³/mol. The van der Waals surface area contributed by atoms with Crippen LogP contribution in [-0.2, 0) is 14.8 Å². The minimum atomic E-state index is -3.33. The van der Waals surface area contributed by atoms with E-state index in [0.717, 1.165) is 17.4 Å². The second kappa shape index (κ2) is 8.79. The largest absolute Gasteiger partial charge is 0.326 e. The van der Waals surface area contributed by atoms with Gasteiger partial charge in [0.1, 0.15) is 0 Å². The number of hydrogen-bond donors (Lipinski definition) is 3. The van der Waals surface area contributed by atoms with Gasteiger partial charge in [0.05, 0.1) is 6.26 Å². The standard InChI is InChI=1S/C19H23N3O4S/c1-13-5-4-6-15(11-13)19(24)22-17-12-16(8-7-14(17)2)21-18(23)9-10-20-27(3,25)26/h4-8,11-12,20H,9-10H2,1-3H3,(H,21,23)(H,22,24). The van der Waals surface area contributed by atoms with Crippen molar-refractivity contribution in [2.24, 2.45) is 0 Å². The summed E-state index contributed by atoms with van der Waals surface area (Å²) < 4.78 is 24.3. The molecule has 2 amide bonds. The van der Waals surface area contributed by atoms with Crippen molar-refractivity contribution in [2.45, 2.75) is 20.3 Å². The third-order valence-electron chi connectivity index (χ3n) is 3.77. The van der Waals surface area contributed by atoms with Crippen molar-refractivity contribution in [1.29, 1.82) is 0 Å². The van der Waals surface area contributed by atoms with E-state index >= 15 is 0 Å².